The molecule has 7 nitrogen and oxygen atoms in total. The van der Waals surface area contributed by atoms with Gasteiger partial charge in [0.25, 0.3) is 11.8 Å². The topological polar surface area (TPSA) is 104 Å². The van der Waals surface area contributed by atoms with Crippen LogP contribution < -0.4 is 15.4 Å². The smallest absolute Gasteiger partial charge is 0.252 e. The minimum atomic E-state index is -3.82. The summed E-state index contributed by atoms with van der Waals surface area (Å²) < 4.78 is 28.9. The van der Waals surface area contributed by atoms with Crippen molar-refractivity contribution in [3.63, 3.8) is 0 Å². The molecule has 0 fully saturated rings. The van der Waals surface area contributed by atoms with Crippen molar-refractivity contribution in [2.45, 2.75) is 37.2 Å². The van der Waals surface area contributed by atoms with Crippen LogP contribution in [0.1, 0.15) is 42.7 Å². The van der Waals surface area contributed by atoms with Gasteiger partial charge in [-0.25, -0.2) is 13.1 Å². The minimum absolute atomic E-state index is 0.119. The van der Waals surface area contributed by atoms with Crippen LogP contribution in [-0.2, 0) is 14.8 Å². The monoisotopic (exact) mass is 515 g/mol. The van der Waals surface area contributed by atoms with Crippen LogP contribution in [0, 0.1) is 0 Å². The van der Waals surface area contributed by atoms with E-state index in [0.717, 1.165) is 0 Å². The maximum absolute atomic E-state index is 13.5. The molecular formula is C29H29N3O4S. The van der Waals surface area contributed by atoms with Crippen LogP contribution in [0.5, 0.6) is 0 Å². The average Bonchev–Trinajstić information content (AvgIpc) is 2.86. The van der Waals surface area contributed by atoms with Gasteiger partial charge in [-0.1, -0.05) is 72.8 Å². The fourth-order valence-electron chi connectivity index (χ4n) is 4.04. The lowest BCUT2D eigenvalue weighted by atomic mass is 10.0. The number of hydrogen-bond donors (Lipinski definition) is 3. The number of hydrogen-bond acceptors (Lipinski definition) is 4. The van der Waals surface area contributed by atoms with E-state index in [0.29, 0.717) is 27.6 Å². The number of benzene rings is 4. The second-order valence-electron chi connectivity index (χ2n) is 9.68. The number of rotatable bonds is 7. The Morgan fingerprint density at radius 3 is 1.97 bits per heavy atom. The van der Waals surface area contributed by atoms with E-state index < -0.39 is 27.5 Å². The summed E-state index contributed by atoms with van der Waals surface area (Å²) in [4.78, 5) is 26.6. The summed E-state index contributed by atoms with van der Waals surface area (Å²) in [6, 6.07) is 26.7. The van der Waals surface area contributed by atoms with Crippen molar-refractivity contribution in [2.24, 2.45) is 0 Å². The van der Waals surface area contributed by atoms with Gasteiger partial charge in [0.05, 0.1) is 4.90 Å². The van der Waals surface area contributed by atoms with Crippen molar-refractivity contribution in [3.8, 4) is 0 Å². The highest BCUT2D eigenvalue weighted by Crippen LogP contribution is 2.30. The first-order valence-electron chi connectivity index (χ1n) is 11.8. The molecule has 8 heteroatoms. The number of carbonyl (C=O) groups excluding carboxylic acids is 2. The summed E-state index contributed by atoms with van der Waals surface area (Å²) in [6.07, 6.45) is 0. The van der Waals surface area contributed by atoms with Crippen molar-refractivity contribution in [1.29, 1.82) is 0 Å². The zero-order valence-electron chi connectivity index (χ0n) is 20.9. The summed E-state index contributed by atoms with van der Waals surface area (Å²) in [5.74, 6) is -0.840. The van der Waals surface area contributed by atoms with E-state index in [1.807, 2.05) is 12.1 Å². The number of amides is 2. The number of nitrogens with one attached hydrogen (secondary N) is 3. The fourth-order valence-corrected chi connectivity index (χ4v) is 5.68. The molecule has 0 aliphatic rings. The van der Waals surface area contributed by atoms with Gasteiger partial charge in [-0.2, -0.15) is 0 Å². The summed E-state index contributed by atoms with van der Waals surface area (Å²) in [5.41, 5.74) is 0.821. The van der Waals surface area contributed by atoms with Crippen LogP contribution in [0.15, 0.2) is 102 Å². The molecule has 1 atom stereocenters. The standard InChI is InChI=1S/C29H29N3O4S/c1-29(2,3)32-37(35,36)25-19-11-16-22-23(25)17-10-18-24(22)30-28(34)26(20-12-6-4-7-13-20)31-27(33)21-14-8-5-9-15-21/h4-19,26,32H,1-3H3,(H,30,34)(H,31,33)/t26-/m0/s1. The lowest BCUT2D eigenvalue weighted by Crippen LogP contribution is -2.40. The van der Waals surface area contributed by atoms with Gasteiger partial charge in [-0.3, -0.25) is 9.59 Å². The Hall–Kier alpha value is -4.01. The molecule has 0 aliphatic heterocycles. The molecule has 0 radical (unpaired) electrons. The zero-order chi connectivity index (χ0) is 26.6. The highest BCUT2D eigenvalue weighted by atomic mass is 32.2. The molecule has 3 N–H and O–H groups in total. The second kappa shape index (κ2) is 10.5. The SMILES string of the molecule is CC(C)(C)NS(=O)(=O)c1cccc2c(NC(=O)[C@@H](NC(=O)c3ccccc3)c3ccccc3)cccc12. The van der Waals surface area contributed by atoms with Gasteiger partial charge < -0.3 is 10.6 Å². The van der Waals surface area contributed by atoms with E-state index >= 15 is 0 Å². The van der Waals surface area contributed by atoms with Crippen molar-refractivity contribution in [2.75, 3.05) is 5.32 Å². The quantitative estimate of drug-likeness (QED) is 0.321. The Balaban J connectivity index is 1.69. The molecular weight excluding hydrogens is 486 g/mol. The molecule has 0 unspecified atom stereocenters. The van der Waals surface area contributed by atoms with E-state index in [2.05, 4.69) is 15.4 Å². The Kier molecular flexibility index (Phi) is 7.42. The molecule has 37 heavy (non-hydrogen) atoms. The molecule has 0 spiro atoms. The first-order chi connectivity index (χ1) is 17.5. The van der Waals surface area contributed by atoms with E-state index in [9.17, 15) is 18.0 Å². The molecule has 190 valence electrons. The molecule has 2 amide bonds. The van der Waals surface area contributed by atoms with E-state index in [-0.39, 0.29) is 10.8 Å². The molecule has 4 rings (SSSR count). The van der Waals surface area contributed by atoms with Gasteiger partial charge in [0.15, 0.2) is 0 Å². The highest BCUT2D eigenvalue weighted by Gasteiger charge is 2.26. The van der Waals surface area contributed by atoms with Crippen LogP contribution in [0.3, 0.4) is 0 Å². The molecule has 4 aromatic rings. The highest BCUT2D eigenvalue weighted by molar-refractivity contribution is 7.89. The Morgan fingerprint density at radius 1 is 0.730 bits per heavy atom. The maximum atomic E-state index is 13.5. The van der Waals surface area contributed by atoms with Crippen LogP contribution in [0.4, 0.5) is 5.69 Å². The molecule has 4 aromatic carbocycles. The Labute approximate surface area is 217 Å². The first kappa shape index (κ1) is 26.1. The molecule has 0 aliphatic carbocycles. The largest absolute Gasteiger partial charge is 0.336 e. The molecule has 0 aromatic heterocycles. The molecule has 0 saturated carbocycles. The minimum Gasteiger partial charge on any atom is -0.336 e. The molecule has 0 saturated heterocycles. The number of fused-ring (bicyclic) bond motifs is 1. The summed E-state index contributed by atoms with van der Waals surface area (Å²) in [5, 5.41) is 6.76. The number of sulfonamides is 1. The molecule has 0 heterocycles. The van der Waals surface area contributed by atoms with Crippen LogP contribution >= 0.6 is 0 Å². The average molecular weight is 516 g/mol. The normalized spacial score (nSPS) is 12.6. The zero-order valence-corrected chi connectivity index (χ0v) is 21.7. The number of anilines is 1. The lowest BCUT2D eigenvalue weighted by molar-refractivity contribution is -0.118. The predicted octanol–water partition coefficient (Wildman–Crippen LogP) is 5.03. The second-order valence-corrected chi connectivity index (χ2v) is 11.3. The summed E-state index contributed by atoms with van der Waals surface area (Å²) >= 11 is 0. The van der Waals surface area contributed by atoms with Gasteiger partial charge in [0.1, 0.15) is 6.04 Å². The van der Waals surface area contributed by atoms with Gasteiger partial charge in [0, 0.05) is 27.6 Å². The fraction of sp³-hybridized carbons (Fsp3) is 0.172. The van der Waals surface area contributed by atoms with Crippen molar-refractivity contribution in [3.05, 3.63) is 108 Å². The van der Waals surface area contributed by atoms with Crippen molar-refractivity contribution in [1.82, 2.24) is 10.0 Å². The Bertz CT molecular complexity index is 1530. The van der Waals surface area contributed by atoms with Crippen LogP contribution in [0.2, 0.25) is 0 Å². The summed E-state index contributed by atoms with van der Waals surface area (Å²) in [6.45, 7) is 5.32. The predicted molar refractivity (Wildman–Crippen MR) is 146 cm³/mol. The Morgan fingerprint density at radius 2 is 1.32 bits per heavy atom. The van der Waals surface area contributed by atoms with Gasteiger partial charge in [-0.05, 0) is 50.6 Å². The van der Waals surface area contributed by atoms with E-state index in [1.54, 1.807) is 99.6 Å². The van der Waals surface area contributed by atoms with Crippen LogP contribution in [-0.4, -0.2) is 25.8 Å². The van der Waals surface area contributed by atoms with Crippen molar-refractivity contribution >= 4 is 38.3 Å². The van der Waals surface area contributed by atoms with Gasteiger partial charge in [0.2, 0.25) is 10.0 Å². The lowest BCUT2D eigenvalue weighted by Gasteiger charge is -2.22. The van der Waals surface area contributed by atoms with Crippen LogP contribution in [0.25, 0.3) is 10.8 Å². The third-order valence-corrected chi connectivity index (χ3v) is 7.39. The van der Waals surface area contributed by atoms with Gasteiger partial charge >= 0.3 is 0 Å². The maximum Gasteiger partial charge on any atom is 0.252 e. The summed E-state index contributed by atoms with van der Waals surface area (Å²) in [7, 11) is -3.82. The third kappa shape index (κ3) is 6.22. The third-order valence-electron chi connectivity index (χ3n) is 5.58. The van der Waals surface area contributed by atoms with Gasteiger partial charge in [-0.15, -0.1) is 0 Å². The van der Waals surface area contributed by atoms with E-state index in [1.165, 1.54) is 6.07 Å². The first-order valence-corrected chi connectivity index (χ1v) is 13.3. The number of carbonyl (C=O) groups is 2. The van der Waals surface area contributed by atoms with Crippen molar-refractivity contribution < 1.29 is 18.0 Å². The molecule has 0 bridgehead atoms. The van der Waals surface area contributed by atoms with E-state index in [4.69, 9.17) is 0 Å².